The zero-order valence-corrected chi connectivity index (χ0v) is 13.7. The van der Waals surface area contributed by atoms with Crippen molar-refractivity contribution in [1.82, 2.24) is 4.90 Å². The molecule has 0 unspecified atom stereocenters. The molecule has 1 aliphatic heterocycles. The van der Waals surface area contributed by atoms with E-state index in [1.165, 1.54) is 0 Å². The number of likely N-dealkylation sites (tertiary alicyclic amines) is 1. The largest absolute Gasteiger partial charge is 0.495 e. The van der Waals surface area contributed by atoms with Crippen molar-refractivity contribution < 1.29 is 18.7 Å². The second-order valence-corrected chi connectivity index (χ2v) is 5.95. The van der Waals surface area contributed by atoms with Crippen LogP contribution in [0, 0.1) is 12.8 Å². The number of carbonyl (C=O) groups excluding carboxylic acids is 2. The van der Waals surface area contributed by atoms with Crippen molar-refractivity contribution in [2.24, 2.45) is 5.92 Å². The zero-order chi connectivity index (χ0) is 17.1. The molecule has 24 heavy (non-hydrogen) atoms. The Labute approximate surface area is 140 Å². The van der Waals surface area contributed by atoms with E-state index < -0.39 is 0 Å². The summed E-state index contributed by atoms with van der Waals surface area (Å²) in [5.74, 6) is 0.727. The predicted octanol–water partition coefficient (Wildman–Crippen LogP) is 2.58. The third-order valence-corrected chi connectivity index (χ3v) is 4.12. The lowest BCUT2D eigenvalue weighted by Crippen LogP contribution is -2.28. The summed E-state index contributed by atoms with van der Waals surface area (Å²) in [5, 5.41) is 2.88. The van der Waals surface area contributed by atoms with Crippen molar-refractivity contribution in [3.63, 3.8) is 0 Å². The van der Waals surface area contributed by atoms with Crippen molar-refractivity contribution in [2.75, 3.05) is 19.0 Å². The van der Waals surface area contributed by atoms with Crippen LogP contribution in [0.25, 0.3) is 0 Å². The van der Waals surface area contributed by atoms with Crippen molar-refractivity contribution in [1.29, 1.82) is 0 Å². The maximum absolute atomic E-state index is 12.5. The predicted molar refractivity (Wildman–Crippen MR) is 88.6 cm³/mol. The normalized spacial score (nSPS) is 17.2. The Balaban J connectivity index is 1.66. The highest BCUT2D eigenvalue weighted by molar-refractivity contribution is 5.98. The zero-order valence-electron chi connectivity index (χ0n) is 13.7. The Morgan fingerprint density at radius 1 is 1.42 bits per heavy atom. The molecule has 0 radical (unpaired) electrons. The number of rotatable bonds is 5. The second-order valence-electron chi connectivity index (χ2n) is 5.95. The summed E-state index contributed by atoms with van der Waals surface area (Å²) in [6.45, 7) is 2.72. The molecule has 0 aliphatic carbocycles. The smallest absolute Gasteiger partial charge is 0.229 e. The molecule has 1 aliphatic rings. The van der Waals surface area contributed by atoms with E-state index in [1.807, 2.05) is 31.2 Å². The van der Waals surface area contributed by atoms with Gasteiger partial charge in [0.1, 0.15) is 11.5 Å². The number of aryl methyl sites for hydroxylation is 1. The van der Waals surface area contributed by atoms with Crippen LogP contribution in [0.5, 0.6) is 5.75 Å². The van der Waals surface area contributed by atoms with Gasteiger partial charge in [0, 0.05) is 13.0 Å². The van der Waals surface area contributed by atoms with Gasteiger partial charge in [-0.25, -0.2) is 0 Å². The van der Waals surface area contributed by atoms with Crippen molar-refractivity contribution in [3.8, 4) is 5.75 Å². The topological polar surface area (TPSA) is 71.8 Å². The van der Waals surface area contributed by atoms with Gasteiger partial charge in [0.15, 0.2) is 0 Å². The van der Waals surface area contributed by atoms with E-state index >= 15 is 0 Å². The molecule has 1 N–H and O–H groups in total. The quantitative estimate of drug-likeness (QED) is 0.916. The number of hydrogen-bond donors (Lipinski definition) is 1. The maximum Gasteiger partial charge on any atom is 0.229 e. The minimum atomic E-state index is -0.377. The van der Waals surface area contributed by atoms with Crippen LogP contribution in [0.4, 0.5) is 5.69 Å². The van der Waals surface area contributed by atoms with E-state index in [0.717, 1.165) is 5.56 Å². The molecule has 1 saturated heterocycles. The SMILES string of the molecule is COc1ccc(C)cc1NC(=O)[C@@H]1CC(=O)N(Cc2ccco2)C1. The lowest BCUT2D eigenvalue weighted by molar-refractivity contribution is -0.128. The molecule has 1 atom stereocenters. The van der Waals surface area contributed by atoms with Crippen LogP contribution < -0.4 is 10.1 Å². The lowest BCUT2D eigenvalue weighted by Gasteiger charge is -2.16. The monoisotopic (exact) mass is 328 g/mol. The number of methoxy groups -OCH3 is 1. The van der Waals surface area contributed by atoms with Crippen molar-refractivity contribution in [3.05, 3.63) is 47.9 Å². The number of ether oxygens (including phenoxy) is 1. The average Bonchev–Trinajstić information content (AvgIpc) is 3.18. The number of nitrogens with one attached hydrogen (secondary N) is 1. The first-order valence-corrected chi connectivity index (χ1v) is 7.82. The van der Waals surface area contributed by atoms with E-state index in [1.54, 1.807) is 24.3 Å². The Hall–Kier alpha value is -2.76. The van der Waals surface area contributed by atoms with Gasteiger partial charge in [-0.3, -0.25) is 9.59 Å². The molecule has 0 spiro atoms. The van der Waals surface area contributed by atoms with Crippen LogP contribution in [-0.4, -0.2) is 30.4 Å². The summed E-state index contributed by atoms with van der Waals surface area (Å²) in [5.41, 5.74) is 1.65. The Morgan fingerprint density at radius 2 is 2.25 bits per heavy atom. The molecule has 0 saturated carbocycles. The number of nitrogens with zero attached hydrogens (tertiary/aromatic N) is 1. The molecule has 2 heterocycles. The molecule has 6 nitrogen and oxygen atoms in total. The van der Waals surface area contributed by atoms with Crippen molar-refractivity contribution in [2.45, 2.75) is 19.9 Å². The fourth-order valence-corrected chi connectivity index (χ4v) is 2.85. The first-order valence-electron chi connectivity index (χ1n) is 7.82. The first-order chi connectivity index (χ1) is 11.6. The standard InChI is InChI=1S/C18H20N2O4/c1-12-5-6-16(23-2)15(8-12)19-18(22)13-9-17(21)20(10-13)11-14-4-3-7-24-14/h3-8,13H,9-11H2,1-2H3,(H,19,22)/t13-/m1/s1. The molecule has 1 aromatic heterocycles. The van der Waals surface area contributed by atoms with Crippen LogP contribution in [0.3, 0.4) is 0 Å². The number of hydrogen-bond acceptors (Lipinski definition) is 4. The molecule has 0 bridgehead atoms. The van der Waals surface area contributed by atoms with Gasteiger partial charge in [-0.1, -0.05) is 6.07 Å². The first kappa shape index (κ1) is 16.1. The van der Waals surface area contributed by atoms with Crippen LogP contribution >= 0.6 is 0 Å². The third kappa shape index (κ3) is 3.42. The fourth-order valence-electron chi connectivity index (χ4n) is 2.85. The Kier molecular flexibility index (Phi) is 4.55. The van der Waals surface area contributed by atoms with E-state index in [2.05, 4.69) is 5.32 Å². The van der Waals surface area contributed by atoms with E-state index in [9.17, 15) is 9.59 Å². The highest BCUT2D eigenvalue weighted by atomic mass is 16.5. The Morgan fingerprint density at radius 3 is 2.96 bits per heavy atom. The van der Waals surface area contributed by atoms with Crippen LogP contribution in [0.2, 0.25) is 0 Å². The fraction of sp³-hybridized carbons (Fsp3) is 0.333. The van der Waals surface area contributed by atoms with Gasteiger partial charge in [-0.15, -0.1) is 0 Å². The van der Waals surface area contributed by atoms with Gasteiger partial charge >= 0.3 is 0 Å². The molecule has 1 aromatic carbocycles. The summed E-state index contributed by atoms with van der Waals surface area (Å²) in [6, 6.07) is 9.18. The summed E-state index contributed by atoms with van der Waals surface area (Å²) in [6.07, 6.45) is 1.78. The third-order valence-electron chi connectivity index (χ3n) is 4.12. The van der Waals surface area contributed by atoms with E-state index in [4.69, 9.17) is 9.15 Å². The minimum Gasteiger partial charge on any atom is -0.495 e. The molecular weight excluding hydrogens is 308 g/mol. The van der Waals surface area contributed by atoms with Crippen molar-refractivity contribution >= 4 is 17.5 Å². The summed E-state index contributed by atoms with van der Waals surface area (Å²) < 4.78 is 10.5. The lowest BCUT2D eigenvalue weighted by atomic mass is 10.1. The van der Waals surface area contributed by atoms with Gasteiger partial charge in [0.2, 0.25) is 11.8 Å². The number of furan rings is 1. The van der Waals surface area contributed by atoms with E-state index in [-0.39, 0.29) is 24.2 Å². The van der Waals surface area contributed by atoms with Gasteiger partial charge in [0.05, 0.1) is 31.5 Å². The summed E-state index contributed by atoms with van der Waals surface area (Å²) in [4.78, 5) is 26.3. The second kappa shape index (κ2) is 6.78. The van der Waals surface area contributed by atoms with Crippen LogP contribution in [-0.2, 0) is 16.1 Å². The van der Waals surface area contributed by atoms with Gasteiger partial charge in [0.25, 0.3) is 0 Å². The number of anilines is 1. The van der Waals surface area contributed by atoms with Crippen LogP contribution in [0.15, 0.2) is 41.0 Å². The van der Waals surface area contributed by atoms with Gasteiger partial charge in [-0.05, 0) is 36.8 Å². The molecule has 1 fully saturated rings. The Bertz CT molecular complexity index is 739. The average molecular weight is 328 g/mol. The van der Waals surface area contributed by atoms with E-state index in [0.29, 0.717) is 30.3 Å². The molecule has 6 heteroatoms. The number of carbonyl (C=O) groups is 2. The molecule has 3 rings (SSSR count). The number of amides is 2. The minimum absolute atomic E-state index is 0.0391. The molecule has 126 valence electrons. The van der Waals surface area contributed by atoms with Gasteiger partial charge in [-0.2, -0.15) is 0 Å². The summed E-state index contributed by atoms with van der Waals surface area (Å²) >= 11 is 0. The van der Waals surface area contributed by atoms with Crippen LogP contribution in [0.1, 0.15) is 17.7 Å². The number of benzene rings is 1. The van der Waals surface area contributed by atoms with Gasteiger partial charge < -0.3 is 19.4 Å². The molecular formula is C18H20N2O4. The highest BCUT2D eigenvalue weighted by Gasteiger charge is 2.34. The summed E-state index contributed by atoms with van der Waals surface area (Å²) in [7, 11) is 1.56. The highest BCUT2D eigenvalue weighted by Crippen LogP contribution is 2.27. The molecule has 2 aromatic rings. The molecule has 2 amide bonds. The maximum atomic E-state index is 12.5.